The highest BCUT2D eigenvalue weighted by molar-refractivity contribution is 9.11. The molecule has 2 rings (SSSR count). The zero-order valence-corrected chi connectivity index (χ0v) is 13.5. The Morgan fingerprint density at radius 2 is 2.11 bits per heavy atom. The Morgan fingerprint density at radius 1 is 1.42 bits per heavy atom. The van der Waals surface area contributed by atoms with E-state index in [1.807, 2.05) is 19.9 Å². The molecule has 102 valence electrons. The molecule has 0 radical (unpaired) electrons. The Kier molecular flexibility index (Phi) is 4.10. The van der Waals surface area contributed by atoms with Crippen LogP contribution in [0.15, 0.2) is 9.98 Å². The number of aromatic nitrogens is 1. The fourth-order valence-electron chi connectivity index (χ4n) is 1.79. The van der Waals surface area contributed by atoms with Gasteiger partial charge in [-0.2, -0.15) is 0 Å². The van der Waals surface area contributed by atoms with E-state index in [9.17, 15) is 4.79 Å². The topological polar surface area (TPSA) is 48.4 Å². The van der Waals surface area contributed by atoms with Crippen LogP contribution in [0.2, 0.25) is 0 Å². The molecule has 0 amide bonds. The van der Waals surface area contributed by atoms with Gasteiger partial charge < -0.3 is 9.47 Å². The van der Waals surface area contributed by atoms with Gasteiger partial charge in [0.2, 0.25) is 0 Å². The van der Waals surface area contributed by atoms with Gasteiger partial charge in [0.1, 0.15) is 5.75 Å². The van der Waals surface area contributed by atoms with E-state index in [2.05, 4.69) is 25.7 Å². The third kappa shape index (κ3) is 2.74. The van der Waals surface area contributed by atoms with E-state index in [0.29, 0.717) is 5.75 Å². The number of methoxy groups -OCH3 is 1. The van der Waals surface area contributed by atoms with Crippen LogP contribution in [0.4, 0.5) is 0 Å². The number of esters is 1. The molecule has 0 aliphatic rings. The highest BCUT2D eigenvalue weighted by Crippen LogP contribution is 2.35. The number of thiazole rings is 1. The van der Waals surface area contributed by atoms with E-state index >= 15 is 0 Å². The van der Waals surface area contributed by atoms with Crippen LogP contribution in [-0.4, -0.2) is 24.2 Å². The molecule has 0 fully saturated rings. The minimum absolute atomic E-state index is 0.386. The van der Waals surface area contributed by atoms with Crippen molar-refractivity contribution in [3.63, 3.8) is 0 Å². The van der Waals surface area contributed by atoms with Gasteiger partial charge in [0.05, 0.1) is 17.3 Å². The van der Waals surface area contributed by atoms with Gasteiger partial charge in [-0.15, -0.1) is 11.3 Å². The van der Waals surface area contributed by atoms with Crippen molar-refractivity contribution in [1.29, 1.82) is 0 Å². The normalized spacial score (nSPS) is 12.5. The fraction of sp³-hybridized carbons (Fsp3) is 0.385. The summed E-state index contributed by atoms with van der Waals surface area (Å²) in [7, 11) is 1.35. The van der Waals surface area contributed by atoms with Gasteiger partial charge in [0.25, 0.3) is 0 Å². The highest BCUT2D eigenvalue weighted by atomic mass is 79.9. The SMILES string of the molecule is COC(=O)C(C)Oc1cc2sc(Br)nc2c(C)c1C. The first kappa shape index (κ1) is 14.3. The van der Waals surface area contributed by atoms with E-state index in [1.54, 1.807) is 6.92 Å². The number of benzene rings is 1. The van der Waals surface area contributed by atoms with Crippen LogP contribution < -0.4 is 4.74 Å². The highest BCUT2D eigenvalue weighted by Gasteiger charge is 2.18. The van der Waals surface area contributed by atoms with Crippen molar-refractivity contribution in [3.8, 4) is 5.75 Å². The summed E-state index contributed by atoms with van der Waals surface area (Å²) < 4.78 is 12.2. The summed E-state index contributed by atoms with van der Waals surface area (Å²) in [5.41, 5.74) is 3.01. The molecule has 1 atom stereocenters. The predicted molar refractivity (Wildman–Crippen MR) is 78.9 cm³/mol. The molecule has 0 saturated heterocycles. The molecule has 0 aliphatic heterocycles. The van der Waals surface area contributed by atoms with Crippen LogP contribution in [0.25, 0.3) is 10.2 Å². The number of hydrogen-bond acceptors (Lipinski definition) is 5. The summed E-state index contributed by atoms with van der Waals surface area (Å²) in [4.78, 5) is 15.8. The summed E-state index contributed by atoms with van der Waals surface area (Å²) >= 11 is 4.93. The number of halogens is 1. The summed E-state index contributed by atoms with van der Waals surface area (Å²) in [6.45, 7) is 5.63. The minimum Gasteiger partial charge on any atom is -0.479 e. The van der Waals surface area contributed by atoms with Gasteiger partial charge in [0, 0.05) is 0 Å². The molecule has 0 bridgehead atoms. The molecular weight excluding hydrogens is 330 g/mol. The molecule has 1 unspecified atom stereocenters. The molecule has 2 aromatic rings. The summed E-state index contributed by atoms with van der Waals surface area (Å²) in [6.07, 6.45) is -0.628. The third-order valence-electron chi connectivity index (χ3n) is 3.01. The molecule has 1 aromatic heterocycles. The maximum absolute atomic E-state index is 11.4. The van der Waals surface area contributed by atoms with Crippen LogP contribution in [0, 0.1) is 13.8 Å². The molecule has 4 nitrogen and oxygen atoms in total. The summed E-state index contributed by atoms with van der Waals surface area (Å²) in [5.74, 6) is 0.307. The average molecular weight is 344 g/mol. The number of nitrogens with zero attached hydrogens (tertiary/aromatic N) is 1. The monoisotopic (exact) mass is 343 g/mol. The second-order valence-electron chi connectivity index (χ2n) is 4.22. The number of ether oxygens (including phenoxy) is 2. The lowest BCUT2D eigenvalue weighted by atomic mass is 10.1. The Bertz CT molecular complexity index is 638. The standard InChI is InChI=1S/C13H14BrNO3S/c1-6-7(2)11-10(19-13(14)15-11)5-9(6)18-8(3)12(16)17-4/h5,8H,1-4H3. The Hall–Kier alpha value is -1.14. The zero-order valence-electron chi connectivity index (χ0n) is 11.1. The molecule has 1 heterocycles. The van der Waals surface area contributed by atoms with Crippen molar-refractivity contribution in [1.82, 2.24) is 4.98 Å². The maximum Gasteiger partial charge on any atom is 0.346 e. The smallest absolute Gasteiger partial charge is 0.346 e. The Labute approximate surface area is 123 Å². The number of carbonyl (C=O) groups excluding carboxylic acids is 1. The zero-order chi connectivity index (χ0) is 14.2. The molecule has 1 aromatic carbocycles. The number of aryl methyl sites for hydroxylation is 1. The number of hydrogen-bond donors (Lipinski definition) is 0. The molecule has 0 saturated carbocycles. The number of rotatable bonds is 3. The first-order chi connectivity index (χ1) is 8.93. The summed E-state index contributed by atoms with van der Waals surface area (Å²) in [6, 6.07) is 1.92. The van der Waals surface area contributed by atoms with Crippen LogP contribution in [0.1, 0.15) is 18.1 Å². The van der Waals surface area contributed by atoms with Crippen molar-refractivity contribution in [2.75, 3.05) is 7.11 Å². The Morgan fingerprint density at radius 3 is 2.74 bits per heavy atom. The van der Waals surface area contributed by atoms with E-state index in [1.165, 1.54) is 18.4 Å². The maximum atomic E-state index is 11.4. The van der Waals surface area contributed by atoms with Crippen molar-refractivity contribution >= 4 is 43.5 Å². The van der Waals surface area contributed by atoms with Gasteiger partial charge in [-0.3, -0.25) is 0 Å². The lowest BCUT2D eigenvalue weighted by molar-refractivity contribution is -0.147. The molecule has 0 N–H and O–H groups in total. The van der Waals surface area contributed by atoms with Gasteiger partial charge in [-0.05, 0) is 53.9 Å². The molecular formula is C13H14BrNO3S. The molecule has 19 heavy (non-hydrogen) atoms. The summed E-state index contributed by atoms with van der Waals surface area (Å²) in [5, 5.41) is 0. The fourth-order valence-corrected chi connectivity index (χ4v) is 3.27. The average Bonchev–Trinajstić information content (AvgIpc) is 2.75. The predicted octanol–water partition coefficient (Wildman–Crippen LogP) is 3.62. The van der Waals surface area contributed by atoms with Crippen LogP contribution in [0.3, 0.4) is 0 Å². The van der Waals surface area contributed by atoms with Crippen LogP contribution >= 0.6 is 27.3 Å². The van der Waals surface area contributed by atoms with Gasteiger partial charge in [0.15, 0.2) is 10.0 Å². The third-order valence-corrected chi connectivity index (χ3v) is 4.47. The van der Waals surface area contributed by atoms with Gasteiger partial charge in [-0.1, -0.05) is 0 Å². The lowest BCUT2D eigenvalue weighted by Gasteiger charge is -2.15. The minimum atomic E-state index is -0.628. The van der Waals surface area contributed by atoms with Gasteiger partial charge in [-0.25, -0.2) is 9.78 Å². The molecule has 6 heteroatoms. The lowest BCUT2D eigenvalue weighted by Crippen LogP contribution is -2.25. The Balaban J connectivity index is 2.43. The van der Waals surface area contributed by atoms with E-state index < -0.39 is 6.10 Å². The molecule has 0 spiro atoms. The van der Waals surface area contributed by atoms with Crippen LogP contribution in [0.5, 0.6) is 5.75 Å². The quantitative estimate of drug-likeness (QED) is 0.798. The number of fused-ring (bicyclic) bond motifs is 1. The van der Waals surface area contributed by atoms with Crippen molar-refractivity contribution < 1.29 is 14.3 Å². The first-order valence-electron chi connectivity index (χ1n) is 5.74. The van der Waals surface area contributed by atoms with E-state index in [4.69, 9.17) is 4.74 Å². The number of carbonyl (C=O) groups is 1. The van der Waals surface area contributed by atoms with Crippen LogP contribution in [-0.2, 0) is 9.53 Å². The van der Waals surface area contributed by atoms with Gasteiger partial charge >= 0.3 is 5.97 Å². The molecule has 0 aliphatic carbocycles. The van der Waals surface area contributed by atoms with Crippen molar-refractivity contribution in [2.24, 2.45) is 0 Å². The van der Waals surface area contributed by atoms with Crippen molar-refractivity contribution in [3.05, 3.63) is 21.1 Å². The second kappa shape index (κ2) is 5.46. The second-order valence-corrected chi connectivity index (χ2v) is 6.53. The van der Waals surface area contributed by atoms with E-state index in [-0.39, 0.29) is 5.97 Å². The first-order valence-corrected chi connectivity index (χ1v) is 7.35. The largest absolute Gasteiger partial charge is 0.479 e. The van der Waals surface area contributed by atoms with E-state index in [0.717, 1.165) is 25.3 Å². The van der Waals surface area contributed by atoms with Crippen molar-refractivity contribution in [2.45, 2.75) is 26.9 Å².